The summed E-state index contributed by atoms with van der Waals surface area (Å²) in [5.74, 6) is 0.786. The number of methoxy groups -OCH3 is 1. The second kappa shape index (κ2) is 11.4. The zero-order chi connectivity index (χ0) is 23.9. The minimum Gasteiger partial charge on any atom is -0.383 e. The van der Waals surface area contributed by atoms with E-state index >= 15 is 0 Å². The van der Waals surface area contributed by atoms with Gasteiger partial charge in [0.15, 0.2) is 5.58 Å². The number of rotatable bonds is 11. The van der Waals surface area contributed by atoms with Crippen molar-refractivity contribution in [3.05, 3.63) is 78.0 Å². The van der Waals surface area contributed by atoms with Crippen LogP contribution in [0.5, 0.6) is 0 Å². The van der Waals surface area contributed by atoms with Crippen LogP contribution in [-0.2, 0) is 22.1 Å². The molecule has 4 aromatic rings. The lowest BCUT2D eigenvalue weighted by atomic mass is 9.94. The molecule has 0 radical (unpaired) electrons. The number of ether oxygens (including phenoxy) is 1. The normalized spacial score (nSPS) is 13.3. The van der Waals surface area contributed by atoms with Crippen LogP contribution in [-0.4, -0.2) is 39.9 Å². The molecule has 0 saturated heterocycles. The monoisotopic (exact) mass is 478 g/mol. The summed E-state index contributed by atoms with van der Waals surface area (Å²) in [4.78, 5) is 4.76. The van der Waals surface area contributed by atoms with Gasteiger partial charge < -0.3 is 14.6 Å². The number of nitrogens with one attached hydrogen (secondary N) is 2. The average Bonchev–Trinajstić information content (AvgIpc) is 3.28. The number of anilines is 1. The maximum absolute atomic E-state index is 12.9. The highest BCUT2D eigenvalue weighted by atomic mass is 32.2. The Balaban J connectivity index is 1.70. The first-order chi connectivity index (χ1) is 16.6. The van der Waals surface area contributed by atoms with Gasteiger partial charge in [-0.3, -0.25) is 0 Å². The molecule has 0 fully saturated rings. The van der Waals surface area contributed by atoms with Crippen molar-refractivity contribution in [2.45, 2.75) is 31.6 Å². The minimum absolute atomic E-state index is 0.0300. The molecule has 178 valence electrons. The molecule has 0 bridgehead atoms. The molecule has 2 aromatic heterocycles. The Hall–Kier alpha value is -3.07. The molecule has 2 atom stereocenters. The third kappa shape index (κ3) is 5.70. The van der Waals surface area contributed by atoms with Crippen molar-refractivity contribution in [2.24, 2.45) is 0 Å². The van der Waals surface area contributed by atoms with Gasteiger partial charge in [0.1, 0.15) is 11.5 Å². The highest BCUT2D eigenvalue weighted by molar-refractivity contribution is 7.83. The van der Waals surface area contributed by atoms with Gasteiger partial charge in [-0.25, -0.2) is 13.9 Å². The van der Waals surface area contributed by atoms with Gasteiger partial charge in [-0.2, -0.15) is 0 Å². The predicted molar refractivity (Wildman–Crippen MR) is 137 cm³/mol. The molecule has 0 spiro atoms. The van der Waals surface area contributed by atoms with Crippen LogP contribution in [0.2, 0.25) is 0 Å². The SMILES string of the molecule is COCCNc1cccc(C[C@H](N[S@@](=O)C(C)C)c2ccccc2-c2noc3ccccc23)n1. The third-order valence-electron chi connectivity index (χ3n) is 5.49. The Labute approximate surface area is 202 Å². The van der Waals surface area contributed by atoms with Crippen LogP contribution in [0, 0.1) is 0 Å². The highest BCUT2D eigenvalue weighted by Gasteiger charge is 2.23. The Morgan fingerprint density at radius 2 is 1.82 bits per heavy atom. The van der Waals surface area contributed by atoms with Crippen LogP contribution < -0.4 is 10.0 Å². The first-order valence-corrected chi connectivity index (χ1v) is 12.6. The van der Waals surface area contributed by atoms with E-state index in [0.29, 0.717) is 19.6 Å². The van der Waals surface area contributed by atoms with Crippen molar-refractivity contribution in [2.75, 3.05) is 25.6 Å². The lowest BCUT2D eigenvalue weighted by Gasteiger charge is -2.22. The summed E-state index contributed by atoms with van der Waals surface area (Å²) in [5.41, 5.74) is 4.34. The van der Waals surface area contributed by atoms with Crippen molar-refractivity contribution in [3.8, 4) is 11.3 Å². The van der Waals surface area contributed by atoms with E-state index in [1.807, 2.05) is 74.5 Å². The summed E-state index contributed by atoms with van der Waals surface area (Å²) in [6, 6.07) is 21.5. The van der Waals surface area contributed by atoms with Crippen molar-refractivity contribution >= 4 is 27.8 Å². The lowest BCUT2D eigenvalue weighted by molar-refractivity contribution is 0.210. The first-order valence-electron chi connectivity index (χ1n) is 11.4. The molecule has 4 rings (SSSR count). The van der Waals surface area contributed by atoms with E-state index in [1.54, 1.807) is 7.11 Å². The van der Waals surface area contributed by atoms with Crippen molar-refractivity contribution in [3.63, 3.8) is 0 Å². The summed E-state index contributed by atoms with van der Waals surface area (Å²) in [6.07, 6.45) is 0.561. The van der Waals surface area contributed by atoms with Gasteiger partial charge in [-0.15, -0.1) is 0 Å². The minimum atomic E-state index is -1.22. The topological polar surface area (TPSA) is 89.3 Å². The molecule has 2 N–H and O–H groups in total. The Bertz CT molecular complexity index is 1260. The van der Waals surface area contributed by atoms with Crippen LogP contribution in [0.25, 0.3) is 22.2 Å². The van der Waals surface area contributed by atoms with Gasteiger partial charge in [0.25, 0.3) is 0 Å². The number of pyridine rings is 1. The molecule has 0 aliphatic heterocycles. The number of aromatic nitrogens is 2. The Kier molecular flexibility index (Phi) is 8.05. The fourth-order valence-corrected chi connectivity index (χ4v) is 4.53. The molecule has 34 heavy (non-hydrogen) atoms. The molecule has 8 heteroatoms. The number of nitrogens with zero attached hydrogens (tertiary/aromatic N) is 2. The molecule has 7 nitrogen and oxygen atoms in total. The molecule has 0 saturated carbocycles. The second-order valence-corrected chi connectivity index (χ2v) is 10.0. The van der Waals surface area contributed by atoms with Gasteiger partial charge in [-0.05, 0) is 43.7 Å². The maximum atomic E-state index is 12.9. The fourth-order valence-electron chi connectivity index (χ4n) is 3.77. The van der Waals surface area contributed by atoms with E-state index in [9.17, 15) is 4.21 Å². The van der Waals surface area contributed by atoms with Crippen LogP contribution >= 0.6 is 0 Å². The number of para-hydroxylation sites is 1. The third-order valence-corrected chi connectivity index (χ3v) is 6.86. The number of hydrogen-bond acceptors (Lipinski definition) is 6. The van der Waals surface area contributed by atoms with E-state index in [0.717, 1.165) is 39.3 Å². The van der Waals surface area contributed by atoms with E-state index in [1.165, 1.54) is 0 Å². The summed E-state index contributed by atoms with van der Waals surface area (Å²) in [7, 11) is 0.449. The molecule has 2 aromatic carbocycles. The molecular weight excluding hydrogens is 448 g/mol. The van der Waals surface area contributed by atoms with Crippen molar-refractivity contribution in [1.29, 1.82) is 0 Å². The van der Waals surface area contributed by atoms with Gasteiger partial charge in [0.05, 0.1) is 23.6 Å². The molecule has 0 unspecified atom stereocenters. The molecular formula is C26H30N4O3S. The van der Waals surface area contributed by atoms with E-state index < -0.39 is 11.0 Å². The van der Waals surface area contributed by atoms with Crippen molar-refractivity contribution in [1.82, 2.24) is 14.9 Å². The summed E-state index contributed by atoms with van der Waals surface area (Å²) >= 11 is 0. The van der Waals surface area contributed by atoms with Crippen LogP contribution in [0.1, 0.15) is 31.1 Å². The molecule has 2 heterocycles. The van der Waals surface area contributed by atoms with Gasteiger partial charge in [-0.1, -0.05) is 47.6 Å². The van der Waals surface area contributed by atoms with Gasteiger partial charge in [0.2, 0.25) is 0 Å². The number of fused-ring (bicyclic) bond motifs is 1. The zero-order valence-electron chi connectivity index (χ0n) is 19.7. The Morgan fingerprint density at radius 3 is 2.65 bits per heavy atom. The highest BCUT2D eigenvalue weighted by Crippen LogP contribution is 2.34. The number of benzene rings is 2. The summed E-state index contributed by atoms with van der Waals surface area (Å²) < 4.78 is 26.9. The summed E-state index contributed by atoms with van der Waals surface area (Å²) in [6.45, 7) is 5.15. The molecule has 0 aliphatic carbocycles. The lowest BCUT2D eigenvalue weighted by Crippen LogP contribution is -2.30. The van der Waals surface area contributed by atoms with Gasteiger partial charge in [0, 0.05) is 42.0 Å². The van der Waals surface area contributed by atoms with Crippen LogP contribution in [0.3, 0.4) is 0 Å². The van der Waals surface area contributed by atoms with Crippen molar-refractivity contribution < 1.29 is 13.5 Å². The first kappa shape index (κ1) is 24.1. The molecule has 0 aliphatic rings. The zero-order valence-corrected chi connectivity index (χ0v) is 20.5. The smallest absolute Gasteiger partial charge is 0.167 e. The van der Waals surface area contributed by atoms with E-state index in [2.05, 4.69) is 21.3 Å². The summed E-state index contributed by atoms with van der Waals surface area (Å²) in [5, 5.41) is 8.56. The van der Waals surface area contributed by atoms with E-state index in [4.69, 9.17) is 14.2 Å². The van der Waals surface area contributed by atoms with Crippen LogP contribution in [0.4, 0.5) is 5.82 Å². The largest absolute Gasteiger partial charge is 0.383 e. The quantitative estimate of drug-likeness (QED) is 0.298. The second-order valence-electron chi connectivity index (χ2n) is 8.27. The Morgan fingerprint density at radius 1 is 1.03 bits per heavy atom. The number of hydrogen-bond donors (Lipinski definition) is 2. The standard InChI is InChI=1S/C26H30N4O3S/c1-18(2)34(31)30-23(17-19-9-8-14-25(28-19)27-15-16-32-3)20-10-4-5-11-21(20)26-22-12-6-7-13-24(22)33-29-26/h4-14,18,23,30H,15-17H2,1-3H3,(H,27,28)/t23-,34-/m0/s1. The van der Waals surface area contributed by atoms with Crippen LogP contribution in [0.15, 0.2) is 71.3 Å². The molecule has 0 amide bonds. The maximum Gasteiger partial charge on any atom is 0.167 e. The fraction of sp³-hybridized carbons (Fsp3) is 0.308. The predicted octanol–water partition coefficient (Wildman–Crippen LogP) is 4.89. The van der Waals surface area contributed by atoms with E-state index in [-0.39, 0.29) is 11.3 Å². The average molecular weight is 479 g/mol. The van der Waals surface area contributed by atoms with Gasteiger partial charge >= 0.3 is 0 Å².